The Hall–Kier alpha value is -1.32. The van der Waals surface area contributed by atoms with Crippen LogP contribution in [0.4, 0.5) is 0 Å². The van der Waals surface area contributed by atoms with Crippen molar-refractivity contribution in [3.05, 3.63) is 0 Å². The number of hydrogen-bond acceptors (Lipinski definition) is 4. The third-order valence-electron chi connectivity index (χ3n) is 2.89. The Morgan fingerprint density at radius 2 is 0.786 bits per heavy atom. The maximum atomic E-state index is 10.6. The molecule has 0 saturated heterocycles. The quantitative estimate of drug-likeness (QED) is 0.595. The van der Waals surface area contributed by atoms with Gasteiger partial charge < -0.3 is 19.2 Å². The molecule has 0 spiro atoms. The van der Waals surface area contributed by atoms with Crippen molar-refractivity contribution in [3.8, 4) is 0 Å². The highest BCUT2D eigenvalue weighted by molar-refractivity contribution is 5.71. The second-order valence-electron chi connectivity index (χ2n) is 3.67. The van der Waals surface area contributed by atoms with Gasteiger partial charge in [-0.15, -0.1) is 0 Å². The van der Waals surface area contributed by atoms with Gasteiger partial charge in [0.1, 0.15) is 25.1 Å². The summed E-state index contributed by atoms with van der Waals surface area (Å²) in [6.45, 7) is 0. The fourth-order valence-electron chi connectivity index (χ4n) is 1.95. The Kier molecular flexibility index (Phi) is 3.68. The third kappa shape index (κ3) is 1.95. The molecule has 1 fully saturated rings. The maximum absolute atomic E-state index is 10.6. The van der Waals surface area contributed by atoms with E-state index in [0.29, 0.717) is 38.0 Å². The van der Waals surface area contributed by atoms with Crippen LogP contribution in [-0.4, -0.2) is 25.1 Å². The lowest BCUT2D eigenvalue weighted by atomic mass is 9.70. The van der Waals surface area contributed by atoms with Crippen molar-refractivity contribution < 1.29 is 19.2 Å². The smallest absolute Gasteiger partial charge is 0.123 e. The molecule has 0 aromatic rings. The van der Waals surface area contributed by atoms with Crippen LogP contribution in [0.5, 0.6) is 0 Å². The predicted octanol–water partition coefficient (Wildman–Crippen LogP) is 0.0406. The molecule has 0 aromatic carbocycles. The Balaban J connectivity index is 2.78. The van der Waals surface area contributed by atoms with E-state index in [9.17, 15) is 19.2 Å². The number of carbonyl (C=O) groups excluding carboxylic acids is 4. The molecular weight excluding hydrogens is 184 g/mol. The van der Waals surface area contributed by atoms with Gasteiger partial charge in [0, 0.05) is 23.7 Å². The molecule has 0 aliphatic heterocycles. The molecule has 4 unspecified atom stereocenters. The van der Waals surface area contributed by atoms with Gasteiger partial charge in [0.25, 0.3) is 0 Å². The van der Waals surface area contributed by atoms with E-state index in [2.05, 4.69) is 0 Å². The number of carbonyl (C=O) groups is 4. The van der Waals surface area contributed by atoms with E-state index in [-0.39, 0.29) is 0 Å². The lowest BCUT2D eigenvalue weighted by Crippen LogP contribution is -2.35. The van der Waals surface area contributed by atoms with Gasteiger partial charge in [-0.2, -0.15) is 0 Å². The highest BCUT2D eigenvalue weighted by Gasteiger charge is 2.36. The SMILES string of the molecule is O=CC1CC(C=O)C(C=O)CC1C=O. The van der Waals surface area contributed by atoms with E-state index in [1.54, 1.807) is 0 Å². The molecule has 76 valence electrons. The minimum atomic E-state index is -0.404. The first kappa shape index (κ1) is 10.8. The fourth-order valence-corrected chi connectivity index (χ4v) is 1.95. The predicted molar refractivity (Wildman–Crippen MR) is 47.5 cm³/mol. The molecule has 1 rings (SSSR count). The summed E-state index contributed by atoms with van der Waals surface area (Å²) < 4.78 is 0. The summed E-state index contributed by atoms with van der Waals surface area (Å²) in [6.07, 6.45) is 3.46. The van der Waals surface area contributed by atoms with Gasteiger partial charge in [-0.25, -0.2) is 0 Å². The summed E-state index contributed by atoms with van der Waals surface area (Å²) in [5.41, 5.74) is 0. The molecule has 4 atom stereocenters. The van der Waals surface area contributed by atoms with Crippen LogP contribution in [0.25, 0.3) is 0 Å². The van der Waals surface area contributed by atoms with Crippen LogP contribution < -0.4 is 0 Å². The van der Waals surface area contributed by atoms with E-state index < -0.39 is 23.7 Å². The van der Waals surface area contributed by atoms with E-state index >= 15 is 0 Å². The van der Waals surface area contributed by atoms with E-state index in [4.69, 9.17) is 0 Å². The zero-order chi connectivity index (χ0) is 10.6. The van der Waals surface area contributed by atoms with Crippen LogP contribution in [0.1, 0.15) is 12.8 Å². The van der Waals surface area contributed by atoms with Gasteiger partial charge in [-0.1, -0.05) is 0 Å². The fraction of sp³-hybridized carbons (Fsp3) is 0.600. The first-order chi connectivity index (χ1) is 6.76. The Bertz CT molecular complexity index is 199. The van der Waals surface area contributed by atoms with Crippen LogP contribution >= 0.6 is 0 Å². The van der Waals surface area contributed by atoms with Gasteiger partial charge in [0.2, 0.25) is 0 Å². The van der Waals surface area contributed by atoms with Crippen molar-refractivity contribution in [2.45, 2.75) is 12.8 Å². The molecule has 0 heterocycles. The van der Waals surface area contributed by atoms with Crippen molar-refractivity contribution >= 4 is 25.1 Å². The van der Waals surface area contributed by atoms with Gasteiger partial charge in [-0.3, -0.25) is 0 Å². The molecule has 14 heavy (non-hydrogen) atoms. The molecule has 0 N–H and O–H groups in total. The Labute approximate surface area is 81.7 Å². The lowest BCUT2D eigenvalue weighted by molar-refractivity contribution is -0.129. The summed E-state index contributed by atoms with van der Waals surface area (Å²) >= 11 is 0. The molecule has 0 bridgehead atoms. The lowest BCUT2D eigenvalue weighted by Gasteiger charge is -2.31. The molecule has 1 saturated carbocycles. The monoisotopic (exact) mass is 196 g/mol. The van der Waals surface area contributed by atoms with Crippen molar-refractivity contribution in [2.24, 2.45) is 23.7 Å². The summed E-state index contributed by atoms with van der Waals surface area (Å²) in [6, 6.07) is 0. The summed E-state index contributed by atoms with van der Waals surface area (Å²) in [7, 11) is 0. The number of hydrogen-bond donors (Lipinski definition) is 0. The van der Waals surface area contributed by atoms with Crippen LogP contribution in [0.3, 0.4) is 0 Å². The van der Waals surface area contributed by atoms with Crippen molar-refractivity contribution in [1.82, 2.24) is 0 Å². The van der Waals surface area contributed by atoms with Crippen LogP contribution in [-0.2, 0) is 19.2 Å². The Morgan fingerprint density at radius 3 is 0.929 bits per heavy atom. The summed E-state index contributed by atoms with van der Waals surface area (Å²) in [5, 5.41) is 0. The Morgan fingerprint density at radius 1 is 0.571 bits per heavy atom. The van der Waals surface area contributed by atoms with E-state index in [1.807, 2.05) is 0 Å². The second-order valence-corrected chi connectivity index (χ2v) is 3.67. The minimum Gasteiger partial charge on any atom is -0.303 e. The zero-order valence-electron chi connectivity index (χ0n) is 7.67. The van der Waals surface area contributed by atoms with Gasteiger partial charge >= 0.3 is 0 Å². The third-order valence-corrected chi connectivity index (χ3v) is 2.89. The van der Waals surface area contributed by atoms with Gasteiger partial charge in [0.05, 0.1) is 0 Å². The standard InChI is InChI=1S/C10H12O4/c11-3-7-1-8(4-12)10(6-14)2-9(7)5-13/h3-10H,1-2H2. The number of rotatable bonds is 4. The molecule has 0 aromatic heterocycles. The van der Waals surface area contributed by atoms with Gasteiger partial charge in [-0.05, 0) is 12.8 Å². The topological polar surface area (TPSA) is 68.3 Å². The highest BCUT2D eigenvalue weighted by atomic mass is 16.1. The first-order valence-electron chi connectivity index (χ1n) is 4.58. The normalized spacial score (nSPS) is 37.1. The molecular formula is C10H12O4. The minimum absolute atomic E-state index is 0.319. The maximum Gasteiger partial charge on any atom is 0.123 e. The zero-order valence-corrected chi connectivity index (χ0v) is 7.67. The summed E-state index contributed by atoms with van der Waals surface area (Å²) in [4.78, 5) is 42.5. The van der Waals surface area contributed by atoms with Crippen molar-refractivity contribution in [3.63, 3.8) is 0 Å². The molecule has 0 amide bonds. The van der Waals surface area contributed by atoms with Crippen LogP contribution in [0, 0.1) is 23.7 Å². The first-order valence-corrected chi connectivity index (χ1v) is 4.58. The molecule has 4 nitrogen and oxygen atoms in total. The van der Waals surface area contributed by atoms with Crippen molar-refractivity contribution in [1.29, 1.82) is 0 Å². The molecule has 1 aliphatic carbocycles. The average molecular weight is 196 g/mol. The molecule has 0 radical (unpaired) electrons. The van der Waals surface area contributed by atoms with E-state index in [1.165, 1.54) is 0 Å². The highest BCUT2D eigenvalue weighted by Crippen LogP contribution is 2.34. The second kappa shape index (κ2) is 4.79. The van der Waals surface area contributed by atoms with Crippen molar-refractivity contribution in [2.75, 3.05) is 0 Å². The molecule has 4 heteroatoms. The van der Waals surface area contributed by atoms with E-state index in [0.717, 1.165) is 0 Å². The van der Waals surface area contributed by atoms with Crippen LogP contribution in [0.2, 0.25) is 0 Å². The summed E-state index contributed by atoms with van der Waals surface area (Å²) in [5.74, 6) is -1.62. The average Bonchev–Trinajstić information content (AvgIpc) is 2.26. The van der Waals surface area contributed by atoms with Gasteiger partial charge in [0.15, 0.2) is 0 Å². The molecule has 1 aliphatic rings. The van der Waals surface area contributed by atoms with Crippen LogP contribution in [0.15, 0.2) is 0 Å². The largest absolute Gasteiger partial charge is 0.303 e. The number of aldehydes is 4.